The van der Waals surface area contributed by atoms with E-state index in [0.717, 1.165) is 25.3 Å². The first-order valence-electron chi connectivity index (χ1n) is 12.5. The van der Waals surface area contributed by atoms with Crippen molar-refractivity contribution in [3.8, 4) is 0 Å². The Morgan fingerprint density at radius 1 is 0.500 bits per heavy atom. The topological polar surface area (TPSA) is 149 Å². The van der Waals surface area contributed by atoms with Crippen molar-refractivity contribution in [1.29, 1.82) is 0 Å². The van der Waals surface area contributed by atoms with Gasteiger partial charge in [-0.3, -0.25) is 0 Å². The van der Waals surface area contributed by atoms with Crippen LogP contribution >= 0.6 is 0 Å². The van der Waals surface area contributed by atoms with Gasteiger partial charge in [-0.2, -0.15) is 0 Å². The van der Waals surface area contributed by atoms with Crippen LogP contribution in [0.15, 0.2) is 23.8 Å². The Morgan fingerprint density at radius 3 is 1.09 bits per heavy atom. The summed E-state index contributed by atoms with van der Waals surface area (Å²) < 4.78 is 0. The van der Waals surface area contributed by atoms with Crippen LogP contribution in [-0.2, 0) is 19.2 Å². The maximum Gasteiger partial charge on any atom is 0.331 e. The molecule has 0 fully saturated rings. The van der Waals surface area contributed by atoms with Gasteiger partial charge in [-0.15, -0.1) is 0 Å². The maximum absolute atomic E-state index is 10.9. The van der Waals surface area contributed by atoms with Crippen LogP contribution in [-0.4, -0.2) is 44.3 Å². The fourth-order valence-electron chi connectivity index (χ4n) is 3.40. The lowest BCUT2D eigenvalue weighted by atomic mass is 10.0. The summed E-state index contributed by atoms with van der Waals surface area (Å²) >= 11 is 0. The van der Waals surface area contributed by atoms with Gasteiger partial charge in [0.05, 0.1) is 0 Å². The van der Waals surface area contributed by atoms with E-state index in [2.05, 4.69) is 6.92 Å². The molecular weight excluding hydrogens is 440 g/mol. The average Bonchev–Trinajstić information content (AvgIpc) is 2.76. The van der Waals surface area contributed by atoms with E-state index in [-0.39, 0.29) is 5.57 Å². The Labute approximate surface area is 203 Å². The largest absolute Gasteiger partial charge is 0.478 e. The Bertz CT molecular complexity index is 606. The van der Waals surface area contributed by atoms with Gasteiger partial charge >= 0.3 is 23.9 Å². The van der Waals surface area contributed by atoms with Gasteiger partial charge in [0, 0.05) is 23.8 Å². The number of hydrogen-bond acceptors (Lipinski definition) is 4. The molecule has 0 radical (unpaired) electrons. The Balaban J connectivity index is 0. The number of unbranched alkanes of at least 4 members (excludes halogenated alkanes) is 15. The van der Waals surface area contributed by atoms with Gasteiger partial charge in [0.2, 0.25) is 0 Å². The molecule has 0 aliphatic heterocycles. The second-order valence-electron chi connectivity index (χ2n) is 8.38. The van der Waals surface area contributed by atoms with Crippen LogP contribution in [0.25, 0.3) is 0 Å². The van der Waals surface area contributed by atoms with Crippen molar-refractivity contribution in [1.82, 2.24) is 0 Å². The molecule has 0 amide bonds. The van der Waals surface area contributed by atoms with Crippen LogP contribution < -0.4 is 0 Å². The van der Waals surface area contributed by atoms with Crippen molar-refractivity contribution in [3.05, 3.63) is 23.8 Å². The number of carbonyl (C=O) groups is 4. The molecule has 0 unspecified atom stereocenters. The molecule has 0 aliphatic rings. The summed E-state index contributed by atoms with van der Waals surface area (Å²) in [5.41, 5.74) is 0.00265. The molecule has 196 valence electrons. The van der Waals surface area contributed by atoms with Gasteiger partial charge in [-0.1, -0.05) is 103 Å². The van der Waals surface area contributed by atoms with Gasteiger partial charge in [-0.05, 0) is 12.8 Å². The number of aliphatic carboxylic acids is 4. The standard InChI is InChI=1S/C22H40O4.C4H4O4/c1-2-3-4-5-6-7-8-9-10-11-12-13-14-15-16-17-18-20(22(25)26)19-21(23)24;5-3(6)1-2-4(7)8/h19H,2-18H2,1H3,(H,23,24)(H,25,26);1-2H,(H,5,6)(H,7,8)/b20-19+;2-1+. The van der Waals surface area contributed by atoms with Crippen LogP contribution in [0.4, 0.5) is 0 Å². The zero-order valence-corrected chi connectivity index (χ0v) is 20.7. The van der Waals surface area contributed by atoms with Crippen molar-refractivity contribution in [2.24, 2.45) is 0 Å². The average molecular weight is 485 g/mol. The van der Waals surface area contributed by atoms with E-state index in [1.807, 2.05) is 0 Å². The summed E-state index contributed by atoms with van der Waals surface area (Å²) in [7, 11) is 0. The minimum Gasteiger partial charge on any atom is -0.478 e. The third-order valence-corrected chi connectivity index (χ3v) is 5.24. The molecule has 34 heavy (non-hydrogen) atoms. The van der Waals surface area contributed by atoms with E-state index in [4.69, 9.17) is 20.4 Å². The summed E-state index contributed by atoms with van der Waals surface area (Å²) in [6.07, 6.45) is 22.7. The first-order chi connectivity index (χ1) is 16.2. The molecule has 0 saturated heterocycles. The highest BCUT2D eigenvalue weighted by molar-refractivity contribution is 5.94. The van der Waals surface area contributed by atoms with Crippen molar-refractivity contribution in [2.45, 2.75) is 116 Å². The Kier molecular flexibility index (Phi) is 24.6. The predicted molar refractivity (Wildman–Crippen MR) is 132 cm³/mol. The van der Waals surface area contributed by atoms with E-state index in [0.29, 0.717) is 18.6 Å². The van der Waals surface area contributed by atoms with Crippen molar-refractivity contribution >= 4 is 23.9 Å². The lowest BCUT2D eigenvalue weighted by Gasteiger charge is -2.04. The van der Waals surface area contributed by atoms with Gasteiger partial charge < -0.3 is 20.4 Å². The molecule has 0 aromatic rings. The second kappa shape index (κ2) is 25.0. The van der Waals surface area contributed by atoms with E-state index >= 15 is 0 Å². The van der Waals surface area contributed by atoms with Crippen molar-refractivity contribution < 1.29 is 39.6 Å². The number of carboxylic acid groups (broad SMARTS) is 4. The maximum atomic E-state index is 10.9. The van der Waals surface area contributed by atoms with Crippen LogP contribution in [0.3, 0.4) is 0 Å². The number of hydrogen-bond donors (Lipinski definition) is 4. The normalized spacial score (nSPS) is 11.1. The van der Waals surface area contributed by atoms with Gasteiger partial charge in [0.15, 0.2) is 0 Å². The van der Waals surface area contributed by atoms with E-state index in [1.165, 1.54) is 83.5 Å². The highest BCUT2D eigenvalue weighted by Crippen LogP contribution is 2.15. The van der Waals surface area contributed by atoms with Crippen molar-refractivity contribution in [3.63, 3.8) is 0 Å². The van der Waals surface area contributed by atoms with Crippen LogP contribution in [0, 0.1) is 0 Å². The molecule has 0 saturated carbocycles. The molecule has 4 N–H and O–H groups in total. The third-order valence-electron chi connectivity index (χ3n) is 5.24. The first kappa shape index (κ1) is 33.5. The SMILES string of the molecule is CCCCCCCCCCCCCCCCCC/C(=C\C(=O)O)C(=O)O.O=C(O)/C=C/C(=O)O. The highest BCUT2D eigenvalue weighted by Gasteiger charge is 2.08. The molecule has 0 atom stereocenters. The summed E-state index contributed by atoms with van der Waals surface area (Å²) in [6.45, 7) is 2.26. The fraction of sp³-hybridized carbons (Fsp3) is 0.692. The minimum absolute atomic E-state index is 0.00265. The number of rotatable bonds is 21. The molecule has 0 heterocycles. The molecular formula is C26H44O8. The summed E-state index contributed by atoms with van der Waals surface area (Å²) in [6, 6.07) is 0. The zero-order valence-electron chi connectivity index (χ0n) is 20.7. The van der Waals surface area contributed by atoms with E-state index in [1.54, 1.807) is 0 Å². The summed E-state index contributed by atoms with van der Waals surface area (Å²) in [5.74, 6) is -4.81. The smallest absolute Gasteiger partial charge is 0.331 e. The molecule has 0 rings (SSSR count). The lowest BCUT2D eigenvalue weighted by molar-refractivity contribution is -0.135. The molecule has 0 bridgehead atoms. The first-order valence-corrected chi connectivity index (χ1v) is 12.5. The lowest BCUT2D eigenvalue weighted by Crippen LogP contribution is -2.04. The molecule has 0 spiro atoms. The Morgan fingerprint density at radius 2 is 0.824 bits per heavy atom. The van der Waals surface area contributed by atoms with Gasteiger partial charge in [0.25, 0.3) is 0 Å². The molecule has 8 heteroatoms. The molecule has 0 aliphatic carbocycles. The van der Waals surface area contributed by atoms with Crippen molar-refractivity contribution in [2.75, 3.05) is 0 Å². The highest BCUT2D eigenvalue weighted by atomic mass is 16.4. The minimum atomic E-state index is -1.26. The fourth-order valence-corrected chi connectivity index (χ4v) is 3.40. The van der Waals surface area contributed by atoms with Gasteiger partial charge in [0.1, 0.15) is 0 Å². The second-order valence-corrected chi connectivity index (χ2v) is 8.38. The predicted octanol–water partition coefficient (Wildman–Crippen LogP) is 6.45. The van der Waals surface area contributed by atoms with E-state index < -0.39 is 23.9 Å². The van der Waals surface area contributed by atoms with Crippen LogP contribution in [0.5, 0.6) is 0 Å². The van der Waals surface area contributed by atoms with Crippen LogP contribution in [0.1, 0.15) is 116 Å². The zero-order chi connectivity index (χ0) is 26.0. The molecule has 0 aromatic heterocycles. The molecule has 0 aromatic carbocycles. The molecule has 8 nitrogen and oxygen atoms in total. The quantitative estimate of drug-likeness (QED) is 0.107. The summed E-state index contributed by atoms with van der Waals surface area (Å²) in [4.78, 5) is 40.5. The number of carboxylic acids is 4. The van der Waals surface area contributed by atoms with Crippen LogP contribution in [0.2, 0.25) is 0 Å². The van der Waals surface area contributed by atoms with E-state index in [9.17, 15) is 19.2 Å². The van der Waals surface area contributed by atoms with Gasteiger partial charge in [-0.25, -0.2) is 19.2 Å². The third kappa shape index (κ3) is 29.4. The summed E-state index contributed by atoms with van der Waals surface area (Å²) in [5, 5.41) is 33.2. The monoisotopic (exact) mass is 484 g/mol. The Hall–Kier alpha value is -2.64.